The molecule has 22 heavy (non-hydrogen) atoms. The molecule has 0 spiro atoms. The van der Waals surface area contributed by atoms with Gasteiger partial charge >= 0.3 is 0 Å². The maximum atomic E-state index is 12.2. The van der Waals surface area contributed by atoms with Crippen molar-refractivity contribution in [2.45, 2.75) is 26.3 Å². The number of nitrogens with one attached hydrogen (secondary N) is 1. The number of nitrogens with zero attached hydrogens (tertiary/aromatic N) is 1. The van der Waals surface area contributed by atoms with Crippen LogP contribution in [0.15, 0.2) is 29.0 Å². The van der Waals surface area contributed by atoms with E-state index in [0.29, 0.717) is 12.1 Å². The summed E-state index contributed by atoms with van der Waals surface area (Å²) in [7, 11) is 0. The second-order valence-electron chi connectivity index (χ2n) is 5.38. The van der Waals surface area contributed by atoms with Crippen molar-refractivity contribution in [2.24, 2.45) is 5.73 Å². The van der Waals surface area contributed by atoms with E-state index >= 15 is 0 Å². The highest BCUT2D eigenvalue weighted by Gasteiger charge is 2.20. The second kappa shape index (κ2) is 8.48. The number of rotatable bonds is 4. The van der Waals surface area contributed by atoms with Crippen molar-refractivity contribution in [1.82, 2.24) is 10.3 Å². The first kappa shape index (κ1) is 20.9. The summed E-state index contributed by atoms with van der Waals surface area (Å²) in [5.74, 6) is -0.137. The summed E-state index contributed by atoms with van der Waals surface area (Å²) in [6.07, 6.45) is 0. The lowest BCUT2D eigenvalue weighted by molar-refractivity contribution is 0.0914. The largest absolute Gasteiger partial charge is 0.346 e. The topological polar surface area (TPSA) is 68.0 Å². The number of carbonyl (C=O) groups excluding carboxylic acids is 1. The van der Waals surface area contributed by atoms with Gasteiger partial charge in [0.15, 0.2) is 0 Å². The van der Waals surface area contributed by atoms with Crippen LogP contribution in [0.25, 0.3) is 11.3 Å². The van der Waals surface area contributed by atoms with Crippen molar-refractivity contribution in [3.05, 3.63) is 40.2 Å². The quantitative estimate of drug-likeness (QED) is 0.876. The number of thiophene rings is 1. The lowest BCUT2D eigenvalue weighted by Gasteiger charge is -2.24. The molecule has 0 saturated heterocycles. The monoisotopic (exact) mass is 361 g/mol. The summed E-state index contributed by atoms with van der Waals surface area (Å²) in [6.45, 7) is 6.03. The number of amides is 1. The summed E-state index contributed by atoms with van der Waals surface area (Å²) < 4.78 is 0. The van der Waals surface area contributed by atoms with Crippen LogP contribution in [0.1, 0.15) is 29.9 Å². The fourth-order valence-electron chi connectivity index (χ4n) is 1.80. The molecule has 0 bridgehead atoms. The molecular weight excluding hydrogens is 341 g/mol. The third kappa shape index (κ3) is 4.95. The van der Waals surface area contributed by atoms with Crippen LogP contribution in [-0.2, 0) is 0 Å². The Hall–Kier alpha value is -1.14. The fraction of sp³-hybridized carbons (Fsp3) is 0.333. The number of hydrogen-bond donors (Lipinski definition) is 2. The van der Waals surface area contributed by atoms with Crippen molar-refractivity contribution in [3.63, 3.8) is 0 Å². The highest BCUT2D eigenvalue weighted by Crippen LogP contribution is 2.21. The molecular formula is C15H21Cl2N3OS. The van der Waals surface area contributed by atoms with E-state index in [9.17, 15) is 4.79 Å². The number of aromatic nitrogens is 1. The first-order valence-corrected chi connectivity index (χ1v) is 7.40. The molecule has 2 heterocycles. The van der Waals surface area contributed by atoms with Gasteiger partial charge in [-0.25, -0.2) is 0 Å². The molecule has 0 aliphatic carbocycles. The molecule has 0 aliphatic rings. The highest BCUT2D eigenvalue weighted by molar-refractivity contribution is 7.08. The van der Waals surface area contributed by atoms with E-state index in [-0.39, 0.29) is 30.7 Å². The molecule has 2 rings (SSSR count). The Morgan fingerprint density at radius 1 is 1.32 bits per heavy atom. The van der Waals surface area contributed by atoms with Gasteiger partial charge in [-0.3, -0.25) is 9.78 Å². The van der Waals surface area contributed by atoms with Gasteiger partial charge in [0.25, 0.3) is 5.91 Å². The van der Waals surface area contributed by atoms with Crippen LogP contribution in [-0.4, -0.2) is 23.0 Å². The Morgan fingerprint density at radius 3 is 2.50 bits per heavy atom. The van der Waals surface area contributed by atoms with Crippen LogP contribution < -0.4 is 11.1 Å². The molecule has 0 unspecified atom stereocenters. The van der Waals surface area contributed by atoms with Gasteiger partial charge in [-0.2, -0.15) is 11.3 Å². The molecule has 3 N–H and O–H groups in total. The summed E-state index contributed by atoms with van der Waals surface area (Å²) >= 11 is 1.63. The van der Waals surface area contributed by atoms with Gasteiger partial charge in [0, 0.05) is 23.0 Å². The molecule has 0 saturated carbocycles. The van der Waals surface area contributed by atoms with E-state index in [0.717, 1.165) is 17.0 Å². The first-order valence-electron chi connectivity index (χ1n) is 6.46. The summed E-state index contributed by atoms with van der Waals surface area (Å²) in [5.41, 5.74) is 8.48. The van der Waals surface area contributed by atoms with Gasteiger partial charge in [0.1, 0.15) is 0 Å². The van der Waals surface area contributed by atoms with Crippen LogP contribution in [0, 0.1) is 6.92 Å². The molecule has 4 nitrogen and oxygen atoms in total. The van der Waals surface area contributed by atoms with Crippen molar-refractivity contribution in [2.75, 3.05) is 6.54 Å². The minimum absolute atomic E-state index is 0. The molecule has 2 aromatic rings. The number of hydrogen-bond acceptors (Lipinski definition) is 4. The SMILES string of the molecule is Cc1nc(-c2ccsc2)ccc1C(=O)NC(C)(C)CN.Cl.Cl. The van der Waals surface area contributed by atoms with Crippen molar-refractivity contribution in [1.29, 1.82) is 0 Å². The Morgan fingerprint density at radius 2 is 2.00 bits per heavy atom. The fourth-order valence-corrected chi connectivity index (χ4v) is 2.45. The maximum Gasteiger partial charge on any atom is 0.253 e. The van der Waals surface area contributed by atoms with Crippen LogP contribution in [0.3, 0.4) is 0 Å². The second-order valence-corrected chi connectivity index (χ2v) is 6.16. The van der Waals surface area contributed by atoms with Gasteiger partial charge in [0.2, 0.25) is 0 Å². The first-order chi connectivity index (χ1) is 9.43. The lowest BCUT2D eigenvalue weighted by atomic mass is 10.0. The average molecular weight is 362 g/mol. The number of pyridine rings is 1. The van der Waals surface area contributed by atoms with Gasteiger partial charge in [-0.05, 0) is 44.4 Å². The minimum Gasteiger partial charge on any atom is -0.346 e. The van der Waals surface area contributed by atoms with Gasteiger partial charge < -0.3 is 11.1 Å². The van der Waals surface area contributed by atoms with Crippen molar-refractivity contribution >= 4 is 42.1 Å². The van der Waals surface area contributed by atoms with Crippen LogP contribution in [0.5, 0.6) is 0 Å². The van der Waals surface area contributed by atoms with Crippen LogP contribution in [0.4, 0.5) is 0 Å². The third-order valence-electron chi connectivity index (χ3n) is 3.11. The highest BCUT2D eigenvalue weighted by atomic mass is 35.5. The van der Waals surface area contributed by atoms with E-state index in [1.807, 2.05) is 49.7 Å². The van der Waals surface area contributed by atoms with Crippen molar-refractivity contribution in [3.8, 4) is 11.3 Å². The van der Waals surface area contributed by atoms with Crippen molar-refractivity contribution < 1.29 is 4.79 Å². The predicted octanol–water partition coefficient (Wildman–Crippen LogP) is 3.43. The molecule has 122 valence electrons. The van der Waals surface area contributed by atoms with Gasteiger partial charge in [0.05, 0.1) is 17.0 Å². The molecule has 0 aromatic carbocycles. The molecule has 0 aliphatic heterocycles. The predicted molar refractivity (Wildman–Crippen MR) is 97.4 cm³/mol. The number of nitrogens with two attached hydrogens (primary N) is 1. The normalized spacial score (nSPS) is 10.4. The number of halogens is 2. The lowest BCUT2D eigenvalue weighted by Crippen LogP contribution is -2.49. The zero-order valence-electron chi connectivity index (χ0n) is 12.8. The van der Waals surface area contributed by atoms with Gasteiger partial charge in [-0.15, -0.1) is 24.8 Å². The molecule has 2 aromatic heterocycles. The zero-order valence-corrected chi connectivity index (χ0v) is 15.2. The Kier molecular flexibility index (Phi) is 8.04. The average Bonchev–Trinajstić information content (AvgIpc) is 2.91. The van der Waals surface area contributed by atoms with E-state index in [4.69, 9.17) is 5.73 Å². The molecule has 0 atom stereocenters. The maximum absolute atomic E-state index is 12.2. The van der Waals surface area contributed by atoms with E-state index in [2.05, 4.69) is 10.3 Å². The zero-order chi connectivity index (χ0) is 14.8. The summed E-state index contributed by atoms with van der Waals surface area (Å²) in [5, 5.41) is 6.97. The van der Waals surface area contributed by atoms with Crippen LogP contribution >= 0.6 is 36.2 Å². The third-order valence-corrected chi connectivity index (χ3v) is 3.79. The van der Waals surface area contributed by atoms with Gasteiger partial charge in [-0.1, -0.05) is 0 Å². The number of carbonyl (C=O) groups is 1. The van der Waals surface area contributed by atoms with E-state index < -0.39 is 5.54 Å². The summed E-state index contributed by atoms with van der Waals surface area (Å²) in [4.78, 5) is 16.7. The Labute approximate surface area is 147 Å². The van der Waals surface area contributed by atoms with E-state index in [1.165, 1.54) is 0 Å². The Bertz CT molecular complexity index is 615. The molecule has 0 radical (unpaired) electrons. The minimum atomic E-state index is -0.421. The summed E-state index contributed by atoms with van der Waals surface area (Å²) in [6, 6.07) is 5.71. The smallest absolute Gasteiger partial charge is 0.253 e. The Balaban J connectivity index is 0.00000220. The number of aryl methyl sites for hydroxylation is 1. The standard InChI is InChI=1S/C15H19N3OS.2ClH/c1-10-12(14(19)18-15(2,3)9-16)4-5-13(17-10)11-6-7-20-8-11;;/h4-8H,9,16H2,1-3H3,(H,18,19);2*1H. The van der Waals surface area contributed by atoms with E-state index in [1.54, 1.807) is 11.3 Å². The molecule has 0 fully saturated rings. The van der Waals surface area contributed by atoms with Crippen LogP contribution in [0.2, 0.25) is 0 Å². The molecule has 7 heteroatoms. The molecule has 1 amide bonds.